The number of carbonyl (C=O) groups is 2. The number of likely N-dealkylation sites (tertiary alicyclic amines) is 1. The molecule has 0 bridgehead atoms. The van der Waals surface area contributed by atoms with Crippen LogP contribution in [0.3, 0.4) is 0 Å². The van der Waals surface area contributed by atoms with Gasteiger partial charge >= 0.3 is 0 Å². The third kappa shape index (κ3) is 3.29. The van der Waals surface area contributed by atoms with Crippen molar-refractivity contribution >= 4 is 11.8 Å². The molecule has 0 saturated carbocycles. The third-order valence-corrected chi connectivity index (χ3v) is 5.78. The summed E-state index contributed by atoms with van der Waals surface area (Å²) < 4.78 is 3.87. The van der Waals surface area contributed by atoms with Crippen LogP contribution in [0.2, 0.25) is 0 Å². The van der Waals surface area contributed by atoms with Gasteiger partial charge in [-0.25, -0.2) is 4.98 Å². The summed E-state index contributed by atoms with van der Waals surface area (Å²) in [6.07, 6.45) is 7.61. The highest BCUT2D eigenvalue weighted by Crippen LogP contribution is 2.31. The molecule has 0 aromatic carbocycles. The minimum absolute atomic E-state index is 0.0146. The van der Waals surface area contributed by atoms with Crippen LogP contribution in [0, 0.1) is 0 Å². The molecule has 2 aliphatic heterocycles. The summed E-state index contributed by atoms with van der Waals surface area (Å²) >= 11 is 0. The number of rotatable bonds is 3. The molecule has 2 aromatic rings. The second-order valence-electron chi connectivity index (χ2n) is 7.48. The van der Waals surface area contributed by atoms with Crippen LogP contribution >= 0.6 is 0 Å². The van der Waals surface area contributed by atoms with Crippen molar-refractivity contribution in [1.82, 2.24) is 34.1 Å². The summed E-state index contributed by atoms with van der Waals surface area (Å²) in [5.74, 6) is 2.31. The van der Waals surface area contributed by atoms with Crippen molar-refractivity contribution in [3.8, 4) is 0 Å². The van der Waals surface area contributed by atoms with Crippen molar-refractivity contribution in [3.63, 3.8) is 0 Å². The number of carbonyl (C=O) groups excluding carboxylic acids is 2. The van der Waals surface area contributed by atoms with Crippen LogP contribution in [0.15, 0.2) is 12.4 Å². The number of amides is 2. The van der Waals surface area contributed by atoms with Crippen LogP contribution < -0.4 is 0 Å². The minimum Gasteiger partial charge on any atom is -0.334 e. The van der Waals surface area contributed by atoms with Crippen LogP contribution in [-0.4, -0.2) is 65.6 Å². The van der Waals surface area contributed by atoms with Gasteiger partial charge in [-0.1, -0.05) is 6.92 Å². The number of aromatic nitrogens is 5. The van der Waals surface area contributed by atoms with E-state index < -0.39 is 0 Å². The predicted molar refractivity (Wildman–Crippen MR) is 101 cm³/mol. The summed E-state index contributed by atoms with van der Waals surface area (Å²) in [6.45, 7) is 4.49. The number of hydrogen-bond acceptors (Lipinski definition) is 5. The maximum Gasteiger partial charge on any atom is 0.289 e. The number of hydrogen-bond donors (Lipinski definition) is 0. The molecule has 150 valence electrons. The Morgan fingerprint density at radius 3 is 2.75 bits per heavy atom. The largest absolute Gasteiger partial charge is 0.334 e. The molecule has 9 heteroatoms. The van der Waals surface area contributed by atoms with E-state index in [2.05, 4.69) is 19.7 Å². The van der Waals surface area contributed by atoms with Crippen LogP contribution in [-0.2, 0) is 24.8 Å². The van der Waals surface area contributed by atoms with Gasteiger partial charge in [-0.3, -0.25) is 9.59 Å². The van der Waals surface area contributed by atoms with E-state index in [0.29, 0.717) is 38.3 Å². The van der Waals surface area contributed by atoms with Crippen molar-refractivity contribution in [2.24, 2.45) is 7.05 Å². The number of fused-ring (bicyclic) bond motifs is 1. The highest BCUT2D eigenvalue weighted by Gasteiger charge is 2.33. The van der Waals surface area contributed by atoms with Crippen molar-refractivity contribution in [3.05, 3.63) is 29.9 Å². The van der Waals surface area contributed by atoms with Gasteiger partial charge < -0.3 is 18.9 Å². The molecule has 0 N–H and O–H groups in total. The molecule has 4 rings (SSSR count). The van der Waals surface area contributed by atoms with Crippen LogP contribution in [0.5, 0.6) is 0 Å². The van der Waals surface area contributed by atoms with Gasteiger partial charge in [0.15, 0.2) is 11.6 Å². The van der Waals surface area contributed by atoms with E-state index in [1.54, 1.807) is 17.0 Å². The fourth-order valence-corrected chi connectivity index (χ4v) is 4.21. The standard InChI is InChI=1S/C19H27N7O2/c1-3-16(27)25-9-5-4-6-14(25)17-22-21-15-7-10-24(12-13-26(15)17)19(28)18-20-8-11-23(18)2/h8,11,14H,3-7,9-10,12-13H2,1-2H3. The fraction of sp³-hybridized carbons (Fsp3) is 0.632. The zero-order valence-electron chi connectivity index (χ0n) is 16.5. The Balaban J connectivity index is 1.54. The molecule has 2 aliphatic rings. The molecule has 1 unspecified atom stereocenters. The van der Waals surface area contributed by atoms with E-state index in [1.165, 1.54) is 0 Å². The van der Waals surface area contributed by atoms with Gasteiger partial charge in [0, 0.05) is 58.5 Å². The van der Waals surface area contributed by atoms with E-state index in [1.807, 2.05) is 23.8 Å². The SMILES string of the molecule is CCC(=O)N1CCCCC1c1nnc2n1CCN(C(=O)c1nccn1C)CC2. The lowest BCUT2D eigenvalue weighted by molar-refractivity contribution is -0.135. The zero-order chi connectivity index (χ0) is 19.7. The summed E-state index contributed by atoms with van der Waals surface area (Å²) in [6, 6.07) is -0.0146. The van der Waals surface area contributed by atoms with Gasteiger partial charge in [0.25, 0.3) is 5.91 Å². The molecule has 1 saturated heterocycles. The smallest absolute Gasteiger partial charge is 0.289 e. The first-order chi connectivity index (χ1) is 13.6. The molecule has 0 spiro atoms. The van der Waals surface area contributed by atoms with Gasteiger partial charge in [-0.2, -0.15) is 0 Å². The highest BCUT2D eigenvalue weighted by molar-refractivity contribution is 5.90. The Hall–Kier alpha value is -2.71. The third-order valence-electron chi connectivity index (χ3n) is 5.78. The topological polar surface area (TPSA) is 89.2 Å². The number of imidazole rings is 1. The maximum atomic E-state index is 12.8. The quantitative estimate of drug-likeness (QED) is 0.791. The Kier molecular flexibility index (Phi) is 5.15. The molecular formula is C19H27N7O2. The van der Waals surface area contributed by atoms with E-state index in [4.69, 9.17) is 0 Å². The van der Waals surface area contributed by atoms with Crippen LogP contribution in [0.25, 0.3) is 0 Å². The minimum atomic E-state index is -0.0618. The molecule has 1 atom stereocenters. The normalized spacial score (nSPS) is 20.0. The van der Waals surface area contributed by atoms with Gasteiger partial charge in [0.05, 0.1) is 6.04 Å². The molecule has 4 heterocycles. The number of aryl methyl sites for hydroxylation is 1. The van der Waals surface area contributed by atoms with Crippen molar-refractivity contribution in [1.29, 1.82) is 0 Å². The summed E-state index contributed by atoms with van der Waals surface area (Å²) in [7, 11) is 1.83. The molecule has 0 radical (unpaired) electrons. The average molecular weight is 385 g/mol. The molecule has 28 heavy (non-hydrogen) atoms. The highest BCUT2D eigenvalue weighted by atomic mass is 16.2. The van der Waals surface area contributed by atoms with Crippen molar-refractivity contribution in [2.75, 3.05) is 19.6 Å². The lowest BCUT2D eigenvalue weighted by atomic mass is 10.0. The van der Waals surface area contributed by atoms with Gasteiger partial charge in [-0.05, 0) is 19.3 Å². The number of piperidine rings is 1. The fourth-order valence-electron chi connectivity index (χ4n) is 4.21. The average Bonchev–Trinajstić information content (AvgIpc) is 3.27. The first-order valence-electron chi connectivity index (χ1n) is 10.1. The van der Waals surface area contributed by atoms with Crippen LogP contribution in [0.4, 0.5) is 0 Å². The first kappa shape index (κ1) is 18.6. The second-order valence-corrected chi connectivity index (χ2v) is 7.48. The molecular weight excluding hydrogens is 358 g/mol. The lowest BCUT2D eigenvalue weighted by Crippen LogP contribution is -2.39. The summed E-state index contributed by atoms with van der Waals surface area (Å²) in [5.41, 5.74) is 0. The Morgan fingerprint density at radius 2 is 2.00 bits per heavy atom. The number of nitrogens with zero attached hydrogens (tertiary/aromatic N) is 7. The van der Waals surface area contributed by atoms with E-state index in [9.17, 15) is 9.59 Å². The van der Waals surface area contributed by atoms with Crippen molar-refractivity contribution < 1.29 is 9.59 Å². The first-order valence-corrected chi connectivity index (χ1v) is 10.1. The Labute approximate surface area is 164 Å². The monoisotopic (exact) mass is 385 g/mol. The summed E-state index contributed by atoms with van der Waals surface area (Å²) in [4.78, 5) is 33.2. The Bertz CT molecular complexity index is 872. The van der Waals surface area contributed by atoms with Gasteiger partial charge in [0.1, 0.15) is 5.82 Å². The van der Waals surface area contributed by atoms with E-state index >= 15 is 0 Å². The summed E-state index contributed by atoms with van der Waals surface area (Å²) in [5, 5.41) is 8.86. The van der Waals surface area contributed by atoms with Gasteiger partial charge in [-0.15, -0.1) is 10.2 Å². The Morgan fingerprint density at radius 1 is 1.14 bits per heavy atom. The molecule has 1 fully saturated rings. The maximum absolute atomic E-state index is 12.8. The predicted octanol–water partition coefficient (Wildman–Crippen LogP) is 1.17. The molecule has 2 amide bonds. The van der Waals surface area contributed by atoms with Crippen LogP contribution in [0.1, 0.15) is 60.9 Å². The zero-order valence-corrected chi connectivity index (χ0v) is 16.5. The molecule has 2 aromatic heterocycles. The van der Waals surface area contributed by atoms with Crippen molar-refractivity contribution in [2.45, 2.75) is 51.6 Å². The molecule has 9 nitrogen and oxygen atoms in total. The van der Waals surface area contributed by atoms with Gasteiger partial charge in [0.2, 0.25) is 5.91 Å². The van der Waals surface area contributed by atoms with E-state index in [0.717, 1.165) is 37.5 Å². The molecule has 0 aliphatic carbocycles. The van der Waals surface area contributed by atoms with E-state index in [-0.39, 0.29) is 17.9 Å². The lowest BCUT2D eigenvalue weighted by Gasteiger charge is -2.35. The second kappa shape index (κ2) is 7.73.